The molecule has 8 heteroatoms. The predicted octanol–water partition coefficient (Wildman–Crippen LogP) is 1.24. The summed E-state index contributed by atoms with van der Waals surface area (Å²) in [7, 11) is 1.47. The van der Waals surface area contributed by atoms with Gasteiger partial charge in [-0.15, -0.1) is 0 Å². The van der Waals surface area contributed by atoms with E-state index in [-0.39, 0.29) is 18.8 Å². The van der Waals surface area contributed by atoms with Crippen molar-refractivity contribution in [1.82, 2.24) is 10.3 Å². The van der Waals surface area contributed by atoms with Gasteiger partial charge in [0.05, 0.1) is 19.0 Å². The second-order valence-electron chi connectivity index (χ2n) is 4.50. The Kier molecular flexibility index (Phi) is 6.12. The average Bonchev–Trinajstić information content (AvgIpc) is 2.37. The molecule has 0 bridgehead atoms. The number of amides is 3. The van der Waals surface area contributed by atoms with E-state index in [1.165, 1.54) is 13.3 Å². The van der Waals surface area contributed by atoms with Crippen LogP contribution in [0.25, 0.3) is 0 Å². The summed E-state index contributed by atoms with van der Waals surface area (Å²) in [5.74, 6) is -1.47. The smallest absolute Gasteiger partial charge is 0.325 e. The monoisotopic (exact) mass is 295 g/mol. The minimum atomic E-state index is -0.982. The maximum atomic E-state index is 11.6. The third kappa shape index (κ3) is 6.37. The molecule has 0 aliphatic rings. The molecule has 1 rings (SSSR count). The molecule has 0 saturated carbocycles. The molecule has 1 unspecified atom stereocenters. The minimum Gasteiger partial charge on any atom is -0.481 e. The molecule has 0 aliphatic heterocycles. The van der Waals surface area contributed by atoms with Gasteiger partial charge in [-0.25, -0.2) is 9.78 Å². The summed E-state index contributed by atoms with van der Waals surface area (Å²) in [6.45, 7) is 1.62. The zero-order chi connectivity index (χ0) is 15.8. The molecular weight excluding hydrogens is 278 g/mol. The van der Waals surface area contributed by atoms with E-state index in [0.717, 1.165) is 0 Å². The number of carboxylic acid groups (broad SMARTS) is 1. The van der Waals surface area contributed by atoms with E-state index in [4.69, 9.17) is 9.84 Å². The lowest BCUT2D eigenvalue weighted by Crippen LogP contribution is -2.35. The second kappa shape index (κ2) is 7.83. The molecule has 114 valence electrons. The third-order valence-electron chi connectivity index (χ3n) is 2.51. The van der Waals surface area contributed by atoms with Gasteiger partial charge in [-0.1, -0.05) is 6.92 Å². The highest BCUT2D eigenvalue weighted by molar-refractivity contribution is 6.01. The quantitative estimate of drug-likeness (QED) is 0.726. The van der Waals surface area contributed by atoms with Gasteiger partial charge in [0.2, 0.25) is 11.8 Å². The number of imide groups is 1. The lowest BCUT2D eigenvalue weighted by Gasteiger charge is -2.09. The van der Waals surface area contributed by atoms with Crippen LogP contribution >= 0.6 is 0 Å². The van der Waals surface area contributed by atoms with Gasteiger partial charge in [-0.2, -0.15) is 0 Å². The Morgan fingerprint density at radius 2 is 2.05 bits per heavy atom. The van der Waals surface area contributed by atoms with Crippen molar-refractivity contribution in [2.75, 3.05) is 12.4 Å². The summed E-state index contributed by atoms with van der Waals surface area (Å²) in [5, 5.41) is 13.1. The van der Waals surface area contributed by atoms with Crippen LogP contribution in [0, 0.1) is 5.92 Å². The van der Waals surface area contributed by atoms with Gasteiger partial charge in [-0.05, 0) is 12.0 Å². The summed E-state index contributed by atoms with van der Waals surface area (Å²) >= 11 is 0. The highest BCUT2D eigenvalue weighted by Gasteiger charge is 2.14. The van der Waals surface area contributed by atoms with Crippen molar-refractivity contribution in [3.8, 4) is 5.88 Å². The summed E-state index contributed by atoms with van der Waals surface area (Å²) < 4.78 is 4.87. The summed E-state index contributed by atoms with van der Waals surface area (Å²) in [6.07, 6.45) is 1.22. The number of aliphatic carboxylic acids is 1. The topological polar surface area (TPSA) is 118 Å². The normalized spacial score (nSPS) is 11.3. The van der Waals surface area contributed by atoms with E-state index >= 15 is 0 Å². The van der Waals surface area contributed by atoms with Gasteiger partial charge in [0.1, 0.15) is 0 Å². The molecule has 1 aromatic rings. The fraction of sp³-hybridized carbons (Fsp3) is 0.385. The Hall–Kier alpha value is -2.64. The Morgan fingerprint density at radius 1 is 1.33 bits per heavy atom. The molecule has 0 radical (unpaired) electrons. The number of nitrogens with zero attached hydrogens (tertiary/aromatic N) is 1. The van der Waals surface area contributed by atoms with Crippen LogP contribution in [0.3, 0.4) is 0 Å². The van der Waals surface area contributed by atoms with Gasteiger partial charge in [0.25, 0.3) is 0 Å². The standard InChI is InChI=1S/C13H17N3O5/c1-8(6-12(18)19)5-10(17)16-13(20)15-9-3-4-11(21-2)14-7-9/h3-4,7-8H,5-6H2,1-2H3,(H,18,19)(H2,15,16,17,20). The minimum absolute atomic E-state index is 0.0411. The predicted molar refractivity (Wildman–Crippen MR) is 74.0 cm³/mol. The number of carbonyl (C=O) groups is 3. The lowest BCUT2D eigenvalue weighted by molar-refractivity contribution is -0.138. The number of methoxy groups -OCH3 is 1. The lowest BCUT2D eigenvalue weighted by atomic mass is 10.0. The molecule has 1 atom stereocenters. The van der Waals surface area contributed by atoms with E-state index in [2.05, 4.69) is 15.6 Å². The number of aromatic nitrogens is 1. The van der Waals surface area contributed by atoms with E-state index in [1.807, 2.05) is 0 Å². The first-order valence-electron chi connectivity index (χ1n) is 6.23. The molecule has 1 aromatic heterocycles. The molecule has 0 fully saturated rings. The molecular formula is C13H17N3O5. The van der Waals surface area contributed by atoms with Crippen molar-refractivity contribution in [2.45, 2.75) is 19.8 Å². The molecule has 0 spiro atoms. The number of urea groups is 1. The molecule has 3 N–H and O–H groups in total. The Balaban J connectivity index is 2.41. The summed E-state index contributed by atoms with van der Waals surface area (Å²) in [6, 6.07) is 2.43. The maximum absolute atomic E-state index is 11.6. The van der Waals surface area contributed by atoms with E-state index in [0.29, 0.717) is 11.6 Å². The van der Waals surface area contributed by atoms with E-state index < -0.39 is 17.9 Å². The maximum Gasteiger partial charge on any atom is 0.325 e. The summed E-state index contributed by atoms with van der Waals surface area (Å²) in [5.41, 5.74) is 0.402. The summed E-state index contributed by atoms with van der Waals surface area (Å²) in [4.78, 5) is 37.5. The van der Waals surface area contributed by atoms with Crippen LogP contribution in [0.15, 0.2) is 18.3 Å². The molecule has 21 heavy (non-hydrogen) atoms. The van der Waals surface area contributed by atoms with Crippen molar-refractivity contribution >= 4 is 23.6 Å². The number of rotatable bonds is 6. The Bertz CT molecular complexity index is 515. The number of anilines is 1. The van der Waals surface area contributed by atoms with Gasteiger partial charge in [0, 0.05) is 18.9 Å². The van der Waals surface area contributed by atoms with E-state index in [1.54, 1.807) is 19.1 Å². The molecule has 0 aromatic carbocycles. The number of nitrogens with one attached hydrogen (secondary N) is 2. The molecule has 3 amide bonds. The van der Waals surface area contributed by atoms with Crippen molar-refractivity contribution in [2.24, 2.45) is 5.92 Å². The van der Waals surface area contributed by atoms with Crippen molar-refractivity contribution in [3.05, 3.63) is 18.3 Å². The highest BCUT2D eigenvalue weighted by atomic mass is 16.5. The number of pyridine rings is 1. The first-order valence-corrected chi connectivity index (χ1v) is 6.23. The van der Waals surface area contributed by atoms with Crippen LogP contribution in [0.1, 0.15) is 19.8 Å². The number of hydrogen-bond acceptors (Lipinski definition) is 5. The van der Waals surface area contributed by atoms with Crippen LogP contribution in [-0.2, 0) is 9.59 Å². The SMILES string of the molecule is COc1ccc(NC(=O)NC(=O)CC(C)CC(=O)O)cn1. The fourth-order valence-corrected chi connectivity index (χ4v) is 1.60. The molecule has 1 heterocycles. The van der Waals surface area contributed by atoms with Crippen LogP contribution in [0.5, 0.6) is 5.88 Å². The fourth-order valence-electron chi connectivity index (χ4n) is 1.60. The number of ether oxygens (including phenoxy) is 1. The Labute approximate surface area is 121 Å². The van der Waals surface area contributed by atoms with Crippen LogP contribution < -0.4 is 15.4 Å². The van der Waals surface area contributed by atoms with Crippen LogP contribution in [0.4, 0.5) is 10.5 Å². The molecule has 0 aliphatic carbocycles. The van der Waals surface area contributed by atoms with Crippen LogP contribution in [0.2, 0.25) is 0 Å². The largest absolute Gasteiger partial charge is 0.481 e. The Morgan fingerprint density at radius 3 is 2.57 bits per heavy atom. The molecule has 0 saturated heterocycles. The molecule has 8 nitrogen and oxygen atoms in total. The van der Waals surface area contributed by atoms with Crippen LogP contribution in [-0.4, -0.2) is 35.1 Å². The third-order valence-corrected chi connectivity index (χ3v) is 2.51. The van der Waals surface area contributed by atoms with E-state index in [9.17, 15) is 14.4 Å². The van der Waals surface area contributed by atoms with Crippen molar-refractivity contribution in [1.29, 1.82) is 0 Å². The first-order chi connectivity index (χ1) is 9.90. The zero-order valence-corrected chi connectivity index (χ0v) is 11.8. The van der Waals surface area contributed by atoms with Crippen molar-refractivity contribution < 1.29 is 24.2 Å². The highest BCUT2D eigenvalue weighted by Crippen LogP contribution is 2.11. The first kappa shape index (κ1) is 16.4. The number of carboxylic acids is 1. The number of carbonyl (C=O) groups excluding carboxylic acids is 2. The van der Waals surface area contributed by atoms with Crippen molar-refractivity contribution in [3.63, 3.8) is 0 Å². The second-order valence-corrected chi connectivity index (χ2v) is 4.50. The van der Waals surface area contributed by atoms with Gasteiger partial charge in [0.15, 0.2) is 0 Å². The van der Waals surface area contributed by atoms with Gasteiger partial charge < -0.3 is 15.2 Å². The number of hydrogen-bond donors (Lipinski definition) is 3. The zero-order valence-electron chi connectivity index (χ0n) is 11.8. The van der Waals surface area contributed by atoms with Gasteiger partial charge >= 0.3 is 12.0 Å². The average molecular weight is 295 g/mol. The van der Waals surface area contributed by atoms with Gasteiger partial charge in [-0.3, -0.25) is 14.9 Å².